The third-order valence-electron chi connectivity index (χ3n) is 4.27. The molecule has 1 aliphatic heterocycles. The number of thioether (sulfide) groups is 1. The number of carbonyl (C=O) groups is 2. The lowest BCUT2D eigenvalue weighted by atomic mass is 10.1. The zero-order valence-corrected chi connectivity index (χ0v) is 15.9. The number of alkyl halides is 3. The average molecular weight is 408 g/mol. The first-order valence-electron chi connectivity index (χ1n) is 8.80. The Morgan fingerprint density at radius 1 is 1.21 bits per heavy atom. The second-order valence-electron chi connectivity index (χ2n) is 6.40. The minimum Gasteiger partial charge on any atom is -0.326 e. The molecular weight excluding hydrogens is 389 g/mol. The zero-order chi connectivity index (χ0) is 20.3. The van der Waals surface area contributed by atoms with Gasteiger partial charge in [-0.25, -0.2) is 0 Å². The van der Waals surface area contributed by atoms with Crippen LogP contribution in [0.25, 0.3) is 0 Å². The van der Waals surface area contributed by atoms with Crippen molar-refractivity contribution in [3.8, 4) is 0 Å². The Labute approximate surface area is 165 Å². The molecule has 148 valence electrons. The predicted octanol–water partition coefficient (Wildman–Crippen LogP) is 5.22. The summed E-state index contributed by atoms with van der Waals surface area (Å²) in [5.41, 5.74) is 1.08. The van der Waals surface area contributed by atoms with E-state index in [1.807, 2.05) is 13.0 Å². The normalized spacial score (nSPS) is 17.1. The van der Waals surface area contributed by atoms with E-state index in [1.165, 1.54) is 28.8 Å². The van der Waals surface area contributed by atoms with Crippen molar-refractivity contribution in [2.24, 2.45) is 0 Å². The van der Waals surface area contributed by atoms with Crippen molar-refractivity contribution in [1.82, 2.24) is 0 Å². The van der Waals surface area contributed by atoms with Crippen molar-refractivity contribution >= 4 is 35.0 Å². The first-order chi connectivity index (χ1) is 13.3. The Morgan fingerprint density at radius 3 is 2.57 bits per heavy atom. The molecule has 1 aliphatic rings. The van der Waals surface area contributed by atoms with Crippen molar-refractivity contribution in [3.63, 3.8) is 0 Å². The van der Waals surface area contributed by atoms with Crippen molar-refractivity contribution < 1.29 is 22.8 Å². The minimum atomic E-state index is -4.42. The van der Waals surface area contributed by atoms with Crippen LogP contribution in [0.4, 0.5) is 24.5 Å². The van der Waals surface area contributed by atoms with Gasteiger partial charge in [0, 0.05) is 17.8 Å². The van der Waals surface area contributed by atoms with Gasteiger partial charge in [-0.15, -0.1) is 11.8 Å². The highest BCUT2D eigenvalue weighted by atomic mass is 32.2. The van der Waals surface area contributed by atoms with Crippen LogP contribution < -0.4 is 10.2 Å². The van der Waals surface area contributed by atoms with Crippen LogP contribution >= 0.6 is 11.8 Å². The lowest BCUT2D eigenvalue weighted by molar-refractivity contribution is -0.137. The van der Waals surface area contributed by atoms with E-state index in [9.17, 15) is 22.8 Å². The second-order valence-corrected chi connectivity index (χ2v) is 7.46. The van der Waals surface area contributed by atoms with Crippen molar-refractivity contribution in [1.29, 1.82) is 0 Å². The standard InChI is InChI=1S/C20H19F3N2O2S/c1-2-4-17(26)24-15-6-3-5-13(11-15)19-25(18(27)12-28-19)16-9-7-14(8-10-16)20(21,22)23/h3,5-11,19H,2,4,12H2,1H3,(H,24,26). The first kappa shape index (κ1) is 20.3. The minimum absolute atomic E-state index is 0.0885. The molecule has 1 fully saturated rings. The van der Waals surface area contributed by atoms with Crippen LogP contribution in [0.1, 0.15) is 36.3 Å². The molecule has 0 bridgehead atoms. The van der Waals surface area contributed by atoms with Gasteiger partial charge in [0.05, 0.1) is 11.3 Å². The molecule has 0 aromatic heterocycles. The summed E-state index contributed by atoms with van der Waals surface area (Å²) in [4.78, 5) is 25.7. The summed E-state index contributed by atoms with van der Waals surface area (Å²) in [6.07, 6.45) is -3.27. The third kappa shape index (κ3) is 4.49. The molecule has 0 radical (unpaired) electrons. The van der Waals surface area contributed by atoms with Gasteiger partial charge in [-0.2, -0.15) is 13.2 Å². The number of rotatable bonds is 5. The Balaban J connectivity index is 1.85. The summed E-state index contributed by atoms with van der Waals surface area (Å²) in [7, 11) is 0. The molecule has 1 atom stereocenters. The predicted molar refractivity (Wildman–Crippen MR) is 104 cm³/mol. The Kier molecular flexibility index (Phi) is 5.98. The van der Waals surface area contributed by atoms with Gasteiger partial charge in [0.1, 0.15) is 5.37 Å². The number of halogens is 3. The Bertz CT molecular complexity index is 868. The molecule has 1 saturated heterocycles. The quantitative estimate of drug-likeness (QED) is 0.738. The highest BCUT2D eigenvalue weighted by Gasteiger charge is 2.35. The van der Waals surface area contributed by atoms with Crippen molar-refractivity contribution in [2.75, 3.05) is 16.0 Å². The zero-order valence-electron chi connectivity index (χ0n) is 15.1. The maximum atomic E-state index is 12.8. The average Bonchev–Trinajstić information content (AvgIpc) is 3.03. The summed E-state index contributed by atoms with van der Waals surface area (Å²) >= 11 is 1.40. The fraction of sp³-hybridized carbons (Fsp3) is 0.300. The molecule has 0 aliphatic carbocycles. The molecule has 4 nitrogen and oxygen atoms in total. The van der Waals surface area contributed by atoms with E-state index in [0.717, 1.165) is 24.1 Å². The Morgan fingerprint density at radius 2 is 1.93 bits per heavy atom. The van der Waals surface area contributed by atoms with Crippen molar-refractivity contribution in [3.05, 3.63) is 59.7 Å². The molecule has 1 heterocycles. The van der Waals surface area contributed by atoms with Gasteiger partial charge in [0.2, 0.25) is 11.8 Å². The van der Waals surface area contributed by atoms with E-state index >= 15 is 0 Å². The van der Waals surface area contributed by atoms with E-state index < -0.39 is 11.7 Å². The number of anilines is 2. The lowest BCUT2D eigenvalue weighted by Gasteiger charge is -2.25. The fourth-order valence-corrected chi connectivity index (χ4v) is 4.15. The number of amides is 2. The first-order valence-corrected chi connectivity index (χ1v) is 9.85. The number of nitrogens with zero attached hydrogens (tertiary/aromatic N) is 1. The molecule has 28 heavy (non-hydrogen) atoms. The smallest absolute Gasteiger partial charge is 0.326 e. The van der Waals surface area contributed by atoms with E-state index in [1.54, 1.807) is 18.2 Å². The van der Waals surface area contributed by atoms with Gasteiger partial charge in [0.25, 0.3) is 0 Å². The molecule has 0 saturated carbocycles. The molecule has 2 aromatic carbocycles. The van der Waals surface area contributed by atoms with E-state index in [2.05, 4.69) is 5.32 Å². The van der Waals surface area contributed by atoms with Crippen molar-refractivity contribution in [2.45, 2.75) is 31.3 Å². The van der Waals surface area contributed by atoms with Gasteiger partial charge in [-0.05, 0) is 48.4 Å². The molecule has 0 spiro atoms. The molecule has 1 N–H and O–H groups in total. The molecule has 8 heteroatoms. The van der Waals surface area contributed by atoms with Crippen LogP contribution in [0.2, 0.25) is 0 Å². The maximum Gasteiger partial charge on any atom is 0.416 e. The number of hydrogen-bond donors (Lipinski definition) is 1. The largest absolute Gasteiger partial charge is 0.416 e. The van der Waals surface area contributed by atoms with Crippen LogP contribution in [-0.2, 0) is 15.8 Å². The highest BCUT2D eigenvalue weighted by molar-refractivity contribution is 8.00. The van der Waals surface area contributed by atoms with E-state index in [-0.39, 0.29) is 22.9 Å². The molecule has 1 unspecified atom stereocenters. The summed E-state index contributed by atoms with van der Waals surface area (Å²) in [5.74, 6) is -0.0254. The van der Waals surface area contributed by atoms with E-state index in [4.69, 9.17) is 0 Å². The Hall–Kier alpha value is -2.48. The summed E-state index contributed by atoms with van der Waals surface area (Å²) in [6.45, 7) is 1.92. The number of nitrogens with one attached hydrogen (secondary N) is 1. The van der Waals surface area contributed by atoms with Crippen LogP contribution in [0, 0.1) is 0 Å². The van der Waals surface area contributed by atoms with Gasteiger partial charge >= 0.3 is 6.18 Å². The monoisotopic (exact) mass is 408 g/mol. The second kappa shape index (κ2) is 8.26. The van der Waals surface area contributed by atoms with Gasteiger partial charge in [-0.1, -0.05) is 19.1 Å². The number of hydrogen-bond acceptors (Lipinski definition) is 3. The number of benzene rings is 2. The lowest BCUT2D eigenvalue weighted by Crippen LogP contribution is -2.28. The van der Waals surface area contributed by atoms with Gasteiger partial charge in [0.15, 0.2) is 0 Å². The number of carbonyl (C=O) groups excluding carboxylic acids is 2. The summed E-state index contributed by atoms with van der Waals surface area (Å²) < 4.78 is 38.4. The summed E-state index contributed by atoms with van der Waals surface area (Å²) in [6, 6.07) is 11.8. The fourth-order valence-electron chi connectivity index (χ4n) is 2.98. The van der Waals surface area contributed by atoms with Crippen LogP contribution in [0.3, 0.4) is 0 Å². The maximum absolute atomic E-state index is 12.8. The van der Waals surface area contributed by atoms with Gasteiger partial charge < -0.3 is 5.32 Å². The molecule has 3 rings (SSSR count). The van der Waals surface area contributed by atoms with E-state index in [0.29, 0.717) is 17.8 Å². The van der Waals surface area contributed by atoms with Crippen LogP contribution in [-0.4, -0.2) is 17.6 Å². The van der Waals surface area contributed by atoms with Gasteiger partial charge in [-0.3, -0.25) is 14.5 Å². The summed E-state index contributed by atoms with van der Waals surface area (Å²) in [5, 5.41) is 2.45. The SMILES string of the molecule is CCCC(=O)Nc1cccc(C2SCC(=O)N2c2ccc(C(F)(F)F)cc2)c1. The molecular formula is C20H19F3N2O2S. The molecule has 2 aromatic rings. The van der Waals surface area contributed by atoms with Crippen LogP contribution in [0.5, 0.6) is 0 Å². The highest BCUT2D eigenvalue weighted by Crippen LogP contribution is 2.43. The molecule has 2 amide bonds. The van der Waals surface area contributed by atoms with Crippen LogP contribution in [0.15, 0.2) is 48.5 Å². The topological polar surface area (TPSA) is 49.4 Å². The third-order valence-corrected chi connectivity index (χ3v) is 5.49.